The van der Waals surface area contributed by atoms with Crippen LogP contribution in [0.1, 0.15) is 31.2 Å². The number of aromatic nitrogens is 4. The molecule has 0 radical (unpaired) electrons. The maximum atomic E-state index is 5.39. The quantitative estimate of drug-likeness (QED) is 0.315. The van der Waals surface area contributed by atoms with Gasteiger partial charge < -0.3 is 4.52 Å². The molecular weight excluding hydrogens is 412 g/mol. The average molecular weight is 435 g/mol. The Labute approximate surface area is 184 Å². The molecule has 0 aliphatic rings. The Morgan fingerprint density at radius 3 is 2.23 bits per heavy atom. The van der Waals surface area contributed by atoms with Gasteiger partial charge in [-0.25, -0.2) is 0 Å². The lowest BCUT2D eigenvalue weighted by atomic mass is 10.0. The van der Waals surface area contributed by atoms with Crippen LogP contribution in [-0.4, -0.2) is 26.6 Å². The first-order chi connectivity index (χ1) is 14.6. The number of benzene rings is 2. The summed E-state index contributed by atoms with van der Waals surface area (Å²) in [4.78, 5) is 5.69. The second-order valence-corrected chi connectivity index (χ2v) is 8.94. The molecule has 0 unspecified atom stereocenters. The molecule has 2 heterocycles. The van der Waals surface area contributed by atoms with Crippen LogP contribution in [0.25, 0.3) is 22.6 Å². The topological polar surface area (TPSA) is 64.7 Å². The van der Waals surface area contributed by atoms with Crippen LogP contribution in [0.4, 0.5) is 0 Å². The summed E-state index contributed by atoms with van der Waals surface area (Å²) in [6.07, 6.45) is 2.05. The summed E-state index contributed by atoms with van der Waals surface area (Å²) < 4.78 is 5.39. The van der Waals surface area contributed by atoms with E-state index in [4.69, 9.17) is 4.52 Å². The molecule has 0 aliphatic heterocycles. The van der Waals surface area contributed by atoms with E-state index in [0.717, 1.165) is 21.8 Å². The number of rotatable bonds is 7. The lowest BCUT2D eigenvalue weighted by Crippen LogP contribution is -1.91. The smallest absolute Gasteiger partial charge is 0.237 e. The summed E-state index contributed by atoms with van der Waals surface area (Å²) in [6.45, 7) is 4.38. The van der Waals surface area contributed by atoms with E-state index in [0.29, 0.717) is 23.4 Å². The summed E-state index contributed by atoms with van der Waals surface area (Å²) in [5.74, 6) is 2.24. The van der Waals surface area contributed by atoms with Gasteiger partial charge in [-0.2, -0.15) is 4.98 Å². The predicted molar refractivity (Wildman–Crippen MR) is 123 cm³/mol. The number of nitrogens with zero attached hydrogens (tertiary/aromatic N) is 4. The van der Waals surface area contributed by atoms with Crippen molar-refractivity contribution >= 4 is 23.5 Å². The van der Waals surface area contributed by atoms with Gasteiger partial charge in [0.2, 0.25) is 11.7 Å². The molecule has 0 amide bonds. The van der Waals surface area contributed by atoms with Gasteiger partial charge in [0.05, 0.1) is 11.4 Å². The van der Waals surface area contributed by atoms with Gasteiger partial charge in [0.25, 0.3) is 0 Å². The Balaban J connectivity index is 1.38. The van der Waals surface area contributed by atoms with E-state index in [-0.39, 0.29) is 0 Å². The molecule has 4 aromatic rings. The third kappa shape index (κ3) is 4.91. The van der Waals surface area contributed by atoms with Crippen LogP contribution in [0, 0.1) is 0 Å². The van der Waals surface area contributed by atoms with E-state index in [1.165, 1.54) is 22.2 Å². The van der Waals surface area contributed by atoms with Crippen molar-refractivity contribution in [2.75, 3.05) is 6.26 Å². The molecule has 0 atom stereocenters. The summed E-state index contributed by atoms with van der Waals surface area (Å²) in [7, 11) is 0. The molecule has 0 N–H and O–H groups in total. The summed E-state index contributed by atoms with van der Waals surface area (Å²) in [5.41, 5.74) is 4.19. The van der Waals surface area contributed by atoms with Crippen molar-refractivity contribution in [2.24, 2.45) is 0 Å². The minimum atomic E-state index is 0.517. The molecule has 0 bridgehead atoms. The van der Waals surface area contributed by atoms with Gasteiger partial charge in [0, 0.05) is 16.0 Å². The van der Waals surface area contributed by atoms with Crippen LogP contribution < -0.4 is 0 Å². The summed E-state index contributed by atoms with van der Waals surface area (Å²) >= 11 is 3.23. The summed E-state index contributed by atoms with van der Waals surface area (Å²) in [5, 5.41) is 13.6. The molecule has 2 aromatic carbocycles. The first-order valence-electron chi connectivity index (χ1n) is 9.66. The van der Waals surface area contributed by atoms with Crippen LogP contribution in [-0.2, 0) is 5.75 Å². The first-order valence-corrected chi connectivity index (χ1v) is 11.9. The highest BCUT2D eigenvalue weighted by atomic mass is 32.2. The Bertz CT molecular complexity index is 1090. The highest BCUT2D eigenvalue weighted by molar-refractivity contribution is 7.98. The van der Waals surface area contributed by atoms with Crippen molar-refractivity contribution in [1.29, 1.82) is 0 Å². The number of thioether (sulfide) groups is 2. The lowest BCUT2D eigenvalue weighted by Gasteiger charge is -2.06. The molecule has 0 spiro atoms. The first kappa shape index (κ1) is 20.6. The highest BCUT2D eigenvalue weighted by Crippen LogP contribution is 2.25. The Morgan fingerprint density at radius 1 is 0.867 bits per heavy atom. The molecule has 0 aliphatic carbocycles. The van der Waals surface area contributed by atoms with E-state index in [1.807, 2.05) is 24.3 Å². The minimum Gasteiger partial charge on any atom is -0.338 e. The molecule has 4 rings (SSSR count). The van der Waals surface area contributed by atoms with Gasteiger partial charge >= 0.3 is 0 Å². The van der Waals surface area contributed by atoms with Crippen molar-refractivity contribution < 1.29 is 4.52 Å². The SMILES string of the molecule is CSc1ccc(-c2noc(CSc3ccc(-c4ccc(C(C)C)cc4)nn3)n2)cc1. The van der Waals surface area contributed by atoms with Crippen LogP contribution in [0.2, 0.25) is 0 Å². The van der Waals surface area contributed by atoms with E-state index >= 15 is 0 Å². The molecule has 152 valence electrons. The van der Waals surface area contributed by atoms with Crippen molar-refractivity contribution in [3.8, 4) is 22.6 Å². The third-order valence-corrected chi connectivity index (χ3v) is 6.32. The van der Waals surface area contributed by atoms with Gasteiger partial charge in [-0.05, 0) is 54.1 Å². The average Bonchev–Trinajstić information content (AvgIpc) is 3.27. The fourth-order valence-corrected chi connectivity index (χ4v) is 3.96. The Kier molecular flexibility index (Phi) is 6.50. The standard InChI is InChI=1S/C23H22N4OS2/c1-15(2)16-4-6-17(7-5-16)20-12-13-22(26-25-20)30-14-21-24-23(27-28-21)18-8-10-19(29-3)11-9-18/h4-13,15H,14H2,1-3H3. The van der Waals surface area contributed by atoms with E-state index in [1.54, 1.807) is 11.8 Å². The molecule has 2 aromatic heterocycles. The maximum absolute atomic E-state index is 5.39. The molecular formula is C23H22N4OS2. The Morgan fingerprint density at radius 2 is 1.60 bits per heavy atom. The van der Waals surface area contributed by atoms with Crippen LogP contribution in [0.15, 0.2) is 75.1 Å². The fraction of sp³-hybridized carbons (Fsp3) is 0.217. The van der Waals surface area contributed by atoms with Crippen molar-refractivity contribution in [3.63, 3.8) is 0 Å². The summed E-state index contributed by atoms with van der Waals surface area (Å²) in [6, 6.07) is 20.6. The monoisotopic (exact) mass is 434 g/mol. The molecule has 0 saturated carbocycles. The van der Waals surface area contributed by atoms with Crippen LogP contribution in [0.5, 0.6) is 0 Å². The zero-order chi connectivity index (χ0) is 20.9. The van der Waals surface area contributed by atoms with Crippen molar-refractivity contribution in [1.82, 2.24) is 20.3 Å². The lowest BCUT2D eigenvalue weighted by molar-refractivity contribution is 0.391. The minimum absolute atomic E-state index is 0.517. The number of hydrogen-bond acceptors (Lipinski definition) is 7. The normalized spacial score (nSPS) is 11.2. The second kappa shape index (κ2) is 9.45. The largest absolute Gasteiger partial charge is 0.338 e. The molecule has 30 heavy (non-hydrogen) atoms. The van der Waals surface area contributed by atoms with Gasteiger partial charge in [0.15, 0.2) is 0 Å². The van der Waals surface area contributed by atoms with E-state index < -0.39 is 0 Å². The van der Waals surface area contributed by atoms with Crippen LogP contribution in [0.3, 0.4) is 0 Å². The number of hydrogen-bond donors (Lipinski definition) is 0. The van der Waals surface area contributed by atoms with E-state index in [9.17, 15) is 0 Å². The van der Waals surface area contributed by atoms with Crippen LogP contribution >= 0.6 is 23.5 Å². The zero-order valence-electron chi connectivity index (χ0n) is 17.1. The van der Waals surface area contributed by atoms with Crippen molar-refractivity contribution in [3.05, 3.63) is 72.1 Å². The molecule has 0 fully saturated rings. The van der Waals surface area contributed by atoms with Gasteiger partial charge in [-0.15, -0.1) is 22.0 Å². The highest BCUT2D eigenvalue weighted by Gasteiger charge is 2.10. The third-order valence-electron chi connectivity index (χ3n) is 4.67. The van der Waals surface area contributed by atoms with E-state index in [2.05, 4.69) is 76.8 Å². The fourth-order valence-electron chi connectivity index (χ4n) is 2.90. The molecule has 0 saturated heterocycles. The van der Waals surface area contributed by atoms with Gasteiger partial charge in [-0.1, -0.05) is 55.0 Å². The van der Waals surface area contributed by atoms with Gasteiger partial charge in [-0.3, -0.25) is 0 Å². The van der Waals surface area contributed by atoms with Gasteiger partial charge in [0.1, 0.15) is 5.03 Å². The maximum Gasteiger partial charge on any atom is 0.237 e. The molecule has 7 heteroatoms. The molecule has 5 nitrogen and oxygen atoms in total. The van der Waals surface area contributed by atoms with Crippen molar-refractivity contribution in [2.45, 2.75) is 35.4 Å². The second-order valence-electron chi connectivity index (χ2n) is 7.06. The predicted octanol–water partition coefficient (Wildman–Crippen LogP) is 6.33. The Hall–Kier alpha value is -2.64. The zero-order valence-corrected chi connectivity index (χ0v) is 18.7.